The summed E-state index contributed by atoms with van der Waals surface area (Å²) < 4.78 is 23.4. The number of hydrogen-bond donors (Lipinski definition) is 1. The summed E-state index contributed by atoms with van der Waals surface area (Å²) in [5.41, 5.74) is 2.61. The monoisotopic (exact) mass is 498 g/mol. The molecule has 196 valence electrons. The molecular formula is C29H38O7. The number of ether oxygens (including phenoxy) is 4. The lowest BCUT2D eigenvalue weighted by Crippen LogP contribution is -2.42. The third-order valence-electron chi connectivity index (χ3n) is 7.43. The van der Waals surface area contributed by atoms with Crippen molar-refractivity contribution in [2.24, 2.45) is 0 Å². The molecule has 0 saturated heterocycles. The van der Waals surface area contributed by atoms with E-state index in [0.717, 1.165) is 48.0 Å². The molecule has 2 aliphatic heterocycles. The summed E-state index contributed by atoms with van der Waals surface area (Å²) in [6, 6.07) is 1.79. The number of Topliss-reactive ketones (excluding diaryl/α,β-unsaturated/α-hetero) is 1. The van der Waals surface area contributed by atoms with E-state index in [9.17, 15) is 14.7 Å². The first-order valence-corrected chi connectivity index (χ1v) is 13.2. The van der Waals surface area contributed by atoms with Crippen molar-refractivity contribution in [2.45, 2.75) is 96.7 Å². The molecule has 0 aromatic heterocycles. The van der Waals surface area contributed by atoms with Crippen molar-refractivity contribution < 1.29 is 33.6 Å². The van der Waals surface area contributed by atoms with Crippen molar-refractivity contribution >= 4 is 17.3 Å². The number of fused-ring (bicyclic) bond motifs is 2. The van der Waals surface area contributed by atoms with Crippen LogP contribution in [0, 0.1) is 0 Å². The summed E-state index contributed by atoms with van der Waals surface area (Å²) in [6.07, 6.45) is 9.03. The molecule has 0 radical (unpaired) electrons. The molecule has 1 aromatic carbocycles. The number of ketones is 1. The minimum absolute atomic E-state index is 0.100. The van der Waals surface area contributed by atoms with Crippen LogP contribution in [0.25, 0.3) is 5.57 Å². The fourth-order valence-electron chi connectivity index (χ4n) is 5.34. The zero-order chi connectivity index (χ0) is 25.9. The minimum Gasteiger partial charge on any atom is -0.496 e. The molecule has 36 heavy (non-hydrogen) atoms. The van der Waals surface area contributed by atoms with Crippen molar-refractivity contribution in [2.75, 3.05) is 13.7 Å². The molecule has 0 bridgehead atoms. The zero-order valence-corrected chi connectivity index (χ0v) is 21.9. The molecule has 1 saturated carbocycles. The Hall–Kier alpha value is -2.80. The van der Waals surface area contributed by atoms with Gasteiger partial charge in [-0.2, -0.15) is 0 Å². The smallest absolute Gasteiger partial charge is 0.374 e. The third kappa shape index (κ3) is 5.31. The Bertz CT molecular complexity index is 1070. The highest BCUT2D eigenvalue weighted by molar-refractivity contribution is 5.97. The lowest BCUT2D eigenvalue weighted by Gasteiger charge is -2.29. The summed E-state index contributed by atoms with van der Waals surface area (Å²) in [5, 5.41) is 11.3. The van der Waals surface area contributed by atoms with Crippen molar-refractivity contribution in [3.8, 4) is 17.2 Å². The number of carbonyl (C=O) groups excluding carboxylic acids is 2. The maximum Gasteiger partial charge on any atom is 0.374 e. The van der Waals surface area contributed by atoms with Gasteiger partial charge >= 0.3 is 5.97 Å². The van der Waals surface area contributed by atoms with Gasteiger partial charge in [-0.3, -0.25) is 4.79 Å². The molecule has 2 atom stereocenters. The second-order valence-electron chi connectivity index (χ2n) is 10.1. The molecule has 0 spiro atoms. The first-order valence-electron chi connectivity index (χ1n) is 13.2. The van der Waals surface area contributed by atoms with Crippen LogP contribution in [0.5, 0.6) is 17.2 Å². The van der Waals surface area contributed by atoms with Gasteiger partial charge in [-0.25, -0.2) is 4.79 Å². The van der Waals surface area contributed by atoms with Crippen molar-refractivity contribution in [3.63, 3.8) is 0 Å². The standard InChI is InChI=1S/C29H38O7/c1-5-7-8-9-14-29(3,32)25-16-21-22(36-25)17-23-26(27(21)33-4)20(18-10-12-19(30)13-11-18)15-24(35-23)28(31)34-6-2/h15,17,25,32H,5-14,16H2,1-4H3/t25-,29-/m0/s1. The lowest BCUT2D eigenvalue weighted by molar-refractivity contribution is -0.141. The number of aliphatic hydroxyl groups is 1. The Labute approximate surface area is 213 Å². The van der Waals surface area contributed by atoms with E-state index >= 15 is 0 Å². The van der Waals surface area contributed by atoms with Gasteiger partial charge < -0.3 is 24.1 Å². The third-order valence-corrected chi connectivity index (χ3v) is 7.43. The molecule has 1 aliphatic carbocycles. The Morgan fingerprint density at radius 1 is 1.14 bits per heavy atom. The van der Waals surface area contributed by atoms with Crippen LogP contribution in [0.3, 0.4) is 0 Å². The highest BCUT2D eigenvalue weighted by Crippen LogP contribution is 2.51. The number of allylic oxidation sites excluding steroid dienone is 3. The molecule has 7 heteroatoms. The van der Waals surface area contributed by atoms with E-state index in [1.807, 2.05) is 6.92 Å². The lowest BCUT2D eigenvalue weighted by atomic mass is 9.84. The van der Waals surface area contributed by atoms with Gasteiger partial charge in [0.2, 0.25) is 5.76 Å². The van der Waals surface area contributed by atoms with Crippen LogP contribution in [0.1, 0.15) is 89.7 Å². The summed E-state index contributed by atoms with van der Waals surface area (Å²) in [5.74, 6) is 1.49. The summed E-state index contributed by atoms with van der Waals surface area (Å²) >= 11 is 0. The number of esters is 1. The Balaban J connectivity index is 1.72. The highest BCUT2D eigenvalue weighted by atomic mass is 16.6. The Kier molecular flexibility index (Phi) is 8.08. The Morgan fingerprint density at radius 3 is 2.56 bits per heavy atom. The van der Waals surface area contributed by atoms with Gasteiger partial charge in [0.05, 0.1) is 24.9 Å². The predicted octanol–water partition coefficient (Wildman–Crippen LogP) is 5.46. The van der Waals surface area contributed by atoms with Crippen LogP contribution >= 0.6 is 0 Å². The minimum atomic E-state index is -0.988. The first-order chi connectivity index (χ1) is 17.3. The van der Waals surface area contributed by atoms with Crippen molar-refractivity contribution in [1.82, 2.24) is 0 Å². The number of hydrogen-bond acceptors (Lipinski definition) is 7. The number of unbranched alkanes of at least 4 members (excludes halogenated alkanes) is 3. The fraction of sp³-hybridized carbons (Fsp3) is 0.586. The van der Waals surface area contributed by atoms with E-state index in [0.29, 0.717) is 55.8 Å². The van der Waals surface area contributed by atoms with E-state index in [-0.39, 0.29) is 18.1 Å². The van der Waals surface area contributed by atoms with Crippen LogP contribution < -0.4 is 14.2 Å². The normalized spacial score (nSPS) is 20.5. The molecule has 3 aliphatic rings. The van der Waals surface area contributed by atoms with Crippen molar-refractivity contribution in [1.29, 1.82) is 0 Å². The quantitative estimate of drug-likeness (QED) is 0.357. The topological polar surface area (TPSA) is 91.3 Å². The van der Waals surface area contributed by atoms with Gasteiger partial charge in [0.25, 0.3) is 0 Å². The van der Waals surface area contributed by atoms with E-state index in [1.165, 1.54) is 0 Å². The van der Waals surface area contributed by atoms with Crippen LogP contribution in [-0.2, 0) is 20.7 Å². The number of methoxy groups -OCH3 is 1. The largest absolute Gasteiger partial charge is 0.496 e. The first kappa shape index (κ1) is 26.3. The summed E-state index contributed by atoms with van der Waals surface area (Å²) in [6.45, 7) is 5.99. The summed E-state index contributed by atoms with van der Waals surface area (Å²) in [7, 11) is 1.61. The van der Waals surface area contributed by atoms with E-state index in [1.54, 1.807) is 26.2 Å². The van der Waals surface area contributed by atoms with Gasteiger partial charge in [0, 0.05) is 30.9 Å². The maximum atomic E-state index is 12.6. The number of carbonyl (C=O) groups is 2. The Morgan fingerprint density at radius 2 is 1.89 bits per heavy atom. The average Bonchev–Trinajstić information content (AvgIpc) is 3.30. The van der Waals surface area contributed by atoms with Gasteiger partial charge in [-0.05, 0) is 44.8 Å². The average molecular weight is 499 g/mol. The van der Waals surface area contributed by atoms with Crippen LogP contribution in [0.4, 0.5) is 0 Å². The van der Waals surface area contributed by atoms with Gasteiger partial charge in [-0.1, -0.05) is 38.2 Å². The molecular weight excluding hydrogens is 460 g/mol. The molecule has 0 amide bonds. The highest BCUT2D eigenvalue weighted by Gasteiger charge is 2.42. The molecule has 0 unspecified atom stereocenters. The van der Waals surface area contributed by atoms with Crippen LogP contribution in [-0.4, -0.2) is 42.3 Å². The van der Waals surface area contributed by atoms with Gasteiger partial charge in [-0.15, -0.1) is 0 Å². The fourth-order valence-corrected chi connectivity index (χ4v) is 5.34. The van der Waals surface area contributed by atoms with Gasteiger partial charge in [0.15, 0.2) is 0 Å². The van der Waals surface area contributed by atoms with Crippen LogP contribution in [0.2, 0.25) is 0 Å². The SMILES string of the molecule is CCCCCC[C@](C)(O)[C@@H]1Cc2c(cc3c(c2OC)C(=C2CCC(=O)CC2)C=C(C(=O)OCC)O3)O1. The number of rotatable bonds is 9. The number of benzene rings is 1. The molecule has 4 rings (SSSR count). The van der Waals surface area contributed by atoms with E-state index in [2.05, 4.69) is 6.92 Å². The van der Waals surface area contributed by atoms with Crippen molar-refractivity contribution in [3.05, 3.63) is 34.6 Å². The summed E-state index contributed by atoms with van der Waals surface area (Å²) in [4.78, 5) is 24.5. The molecule has 2 heterocycles. The second kappa shape index (κ2) is 11.1. The zero-order valence-electron chi connectivity index (χ0n) is 21.9. The molecule has 1 fully saturated rings. The second-order valence-corrected chi connectivity index (χ2v) is 10.1. The molecule has 1 N–H and O–H groups in total. The van der Waals surface area contributed by atoms with E-state index < -0.39 is 17.7 Å². The van der Waals surface area contributed by atoms with E-state index in [4.69, 9.17) is 18.9 Å². The molecule has 1 aromatic rings. The predicted molar refractivity (Wildman–Crippen MR) is 136 cm³/mol. The van der Waals surface area contributed by atoms with Gasteiger partial charge in [0.1, 0.15) is 29.1 Å². The molecule has 7 nitrogen and oxygen atoms in total. The maximum absolute atomic E-state index is 12.6. The van der Waals surface area contributed by atoms with Crippen LogP contribution in [0.15, 0.2) is 23.5 Å².